The highest BCUT2D eigenvalue weighted by Crippen LogP contribution is 2.26. The van der Waals surface area contributed by atoms with E-state index in [1.54, 1.807) is 6.20 Å². The van der Waals surface area contributed by atoms with Crippen LogP contribution in [0.25, 0.3) is 11.4 Å². The molecule has 18 heavy (non-hydrogen) atoms. The Morgan fingerprint density at radius 3 is 2.50 bits per heavy atom. The van der Waals surface area contributed by atoms with Crippen LogP contribution >= 0.6 is 0 Å². The predicted molar refractivity (Wildman–Crippen MR) is 70.7 cm³/mol. The maximum absolute atomic E-state index is 5.82. The number of nitrogens with zero attached hydrogens (tertiary/aromatic N) is 2. The largest absolute Gasteiger partial charge is 0.363 e. The van der Waals surface area contributed by atoms with Gasteiger partial charge in [0.1, 0.15) is 12.3 Å². The van der Waals surface area contributed by atoms with E-state index in [1.165, 1.54) is 0 Å². The number of hydrogen-bond acceptors (Lipinski definition) is 6. The van der Waals surface area contributed by atoms with Crippen LogP contribution in [0.1, 0.15) is 0 Å². The number of nitrogens with two attached hydrogens (primary N) is 2. The molecule has 0 spiro atoms. The first-order valence-corrected chi connectivity index (χ1v) is 5.71. The molecule has 0 saturated heterocycles. The van der Waals surface area contributed by atoms with Crippen molar-refractivity contribution in [2.45, 2.75) is 12.3 Å². The summed E-state index contributed by atoms with van der Waals surface area (Å²) < 4.78 is 0. The molecule has 0 amide bonds. The zero-order chi connectivity index (χ0) is 12.5. The van der Waals surface area contributed by atoms with Crippen molar-refractivity contribution in [3.8, 4) is 11.4 Å². The molecule has 2 atom stereocenters. The molecular formula is C12H14N6. The van der Waals surface area contributed by atoms with E-state index in [0.29, 0.717) is 11.6 Å². The number of nitrogens with one attached hydrogen (secondary N) is 2. The van der Waals surface area contributed by atoms with Crippen molar-refractivity contribution in [2.75, 3.05) is 10.6 Å². The molecule has 1 aromatic carbocycles. The van der Waals surface area contributed by atoms with E-state index >= 15 is 0 Å². The molecule has 0 radical (unpaired) electrons. The quantitative estimate of drug-likeness (QED) is 0.582. The Labute approximate surface area is 104 Å². The fourth-order valence-corrected chi connectivity index (χ4v) is 1.84. The lowest BCUT2D eigenvalue weighted by atomic mass is 10.2. The number of aromatic nitrogens is 2. The smallest absolute Gasteiger partial charge is 0.161 e. The van der Waals surface area contributed by atoms with Crippen molar-refractivity contribution in [1.29, 1.82) is 0 Å². The van der Waals surface area contributed by atoms with Gasteiger partial charge in [-0.2, -0.15) is 0 Å². The van der Waals surface area contributed by atoms with Crippen molar-refractivity contribution in [3.05, 3.63) is 36.5 Å². The van der Waals surface area contributed by atoms with E-state index in [0.717, 1.165) is 11.3 Å². The van der Waals surface area contributed by atoms with Gasteiger partial charge in [0.2, 0.25) is 0 Å². The summed E-state index contributed by atoms with van der Waals surface area (Å²) in [5.74, 6) is 1.34. The van der Waals surface area contributed by atoms with Crippen molar-refractivity contribution < 1.29 is 0 Å². The second kappa shape index (κ2) is 4.25. The van der Waals surface area contributed by atoms with Crippen molar-refractivity contribution in [2.24, 2.45) is 11.5 Å². The van der Waals surface area contributed by atoms with Gasteiger partial charge < -0.3 is 22.1 Å². The van der Waals surface area contributed by atoms with Gasteiger partial charge in [-0.1, -0.05) is 30.3 Å². The Bertz CT molecular complexity index is 556. The van der Waals surface area contributed by atoms with Gasteiger partial charge in [0.05, 0.1) is 11.9 Å². The fourth-order valence-electron chi connectivity index (χ4n) is 1.84. The van der Waals surface area contributed by atoms with Crippen LogP contribution in [-0.2, 0) is 0 Å². The molecule has 6 nitrogen and oxygen atoms in total. The molecule has 92 valence electrons. The van der Waals surface area contributed by atoms with Crippen LogP contribution < -0.4 is 22.1 Å². The third-order valence-corrected chi connectivity index (χ3v) is 2.83. The Hall–Kier alpha value is -2.18. The monoisotopic (exact) mass is 242 g/mol. The molecule has 0 bridgehead atoms. The summed E-state index contributed by atoms with van der Waals surface area (Å²) in [5, 5.41) is 6.11. The summed E-state index contributed by atoms with van der Waals surface area (Å²) in [4.78, 5) is 8.76. The van der Waals surface area contributed by atoms with Crippen molar-refractivity contribution in [3.63, 3.8) is 0 Å². The molecule has 6 heteroatoms. The first-order chi connectivity index (χ1) is 8.74. The van der Waals surface area contributed by atoms with Crippen LogP contribution in [0.15, 0.2) is 36.5 Å². The maximum Gasteiger partial charge on any atom is 0.161 e. The summed E-state index contributed by atoms with van der Waals surface area (Å²) in [5.41, 5.74) is 13.3. The number of anilines is 2. The Morgan fingerprint density at radius 1 is 1.00 bits per heavy atom. The van der Waals surface area contributed by atoms with Crippen LogP contribution in [0.2, 0.25) is 0 Å². The molecule has 6 N–H and O–H groups in total. The molecule has 1 aromatic heterocycles. The summed E-state index contributed by atoms with van der Waals surface area (Å²) in [6.45, 7) is 0. The van der Waals surface area contributed by atoms with Gasteiger partial charge in [-0.25, -0.2) is 9.97 Å². The first kappa shape index (κ1) is 10.9. The SMILES string of the molecule is NC1Nc2cnc(-c3ccccc3)nc2NC1N. The molecule has 0 fully saturated rings. The number of hydrogen-bond donors (Lipinski definition) is 4. The number of rotatable bonds is 1. The van der Waals surface area contributed by atoms with Crippen LogP contribution in [0, 0.1) is 0 Å². The fraction of sp³-hybridized carbons (Fsp3) is 0.167. The second-order valence-electron chi connectivity index (χ2n) is 4.16. The minimum atomic E-state index is -0.365. The van der Waals surface area contributed by atoms with E-state index < -0.39 is 0 Å². The van der Waals surface area contributed by atoms with Crippen molar-refractivity contribution in [1.82, 2.24) is 9.97 Å². The Morgan fingerprint density at radius 2 is 1.72 bits per heavy atom. The molecule has 1 aliphatic heterocycles. The maximum atomic E-state index is 5.82. The average Bonchev–Trinajstić information content (AvgIpc) is 2.41. The lowest BCUT2D eigenvalue weighted by Gasteiger charge is -2.30. The summed E-state index contributed by atoms with van der Waals surface area (Å²) in [6.07, 6.45) is 1.00. The molecule has 1 aliphatic rings. The van der Waals surface area contributed by atoms with Crippen LogP contribution in [0.5, 0.6) is 0 Å². The van der Waals surface area contributed by atoms with Crippen LogP contribution in [-0.4, -0.2) is 22.3 Å². The highest BCUT2D eigenvalue weighted by molar-refractivity contribution is 5.70. The average molecular weight is 242 g/mol. The van der Waals surface area contributed by atoms with Gasteiger partial charge in [0.15, 0.2) is 11.6 Å². The van der Waals surface area contributed by atoms with E-state index in [4.69, 9.17) is 11.5 Å². The van der Waals surface area contributed by atoms with Gasteiger partial charge in [-0.3, -0.25) is 0 Å². The zero-order valence-corrected chi connectivity index (χ0v) is 9.67. The van der Waals surface area contributed by atoms with E-state index in [9.17, 15) is 0 Å². The third-order valence-electron chi connectivity index (χ3n) is 2.83. The molecule has 2 unspecified atom stereocenters. The first-order valence-electron chi connectivity index (χ1n) is 5.71. The normalized spacial score (nSPS) is 21.7. The van der Waals surface area contributed by atoms with Gasteiger partial charge in [0, 0.05) is 5.56 Å². The van der Waals surface area contributed by atoms with Crippen LogP contribution in [0.3, 0.4) is 0 Å². The Kier molecular flexibility index (Phi) is 2.58. The van der Waals surface area contributed by atoms with Gasteiger partial charge in [-0.15, -0.1) is 0 Å². The zero-order valence-electron chi connectivity index (χ0n) is 9.67. The minimum Gasteiger partial charge on any atom is -0.363 e. The van der Waals surface area contributed by atoms with Gasteiger partial charge in [0.25, 0.3) is 0 Å². The highest BCUT2D eigenvalue weighted by Gasteiger charge is 2.22. The summed E-state index contributed by atoms with van der Waals surface area (Å²) >= 11 is 0. The topological polar surface area (TPSA) is 102 Å². The molecule has 3 rings (SSSR count). The molecule has 0 aliphatic carbocycles. The van der Waals surface area contributed by atoms with Crippen molar-refractivity contribution >= 4 is 11.5 Å². The van der Waals surface area contributed by atoms with Gasteiger partial charge >= 0.3 is 0 Å². The Balaban J connectivity index is 1.99. The number of fused-ring (bicyclic) bond motifs is 1. The van der Waals surface area contributed by atoms with Gasteiger partial charge in [-0.05, 0) is 0 Å². The second-order valence-corrected chi connectivity index (χ2v) is 4.16. The lowest BCUT2D eigenvalue weighted by molar-refractivity contribution is 0.611. The van der Waals surface area contributed by atoms with E-state index in [-0.39, 0.29) is 12.3 Å². The summed E-state index contributed by atoms with van der Waals surface area (Å²) in [6, 6.07) is 9.78. The molecule has 2 heterocycles. The molecule has 2 aromatic rings. The third kappa shape index (κ3) is 1.87. The minimum absolute atomic E-state index is 0.344. The molecular weight excluding hydrogens is 228 g/mol. The predicted octanol–water partition coefficient (Wildman–Crippen LogP) is 0.551. The highest BCUT2D eigenvalue weighted by atomic mass is 15.3. The number of benzene rings is 1. The lowest BCUT2D eigenvalue weighted by Crippen LogP contribution is -2.54. The summed E-state index contributed by atoms with van der Waals surface area (Å²) in [7, 11) is 0. The van der Waals surface area contributed by atoms with E-state index in [1.807, 2.05) is 30.3 Å². The molecule has 0 saturated carbocycles. The van der Waals surface area contributed by atoms with Crippen LogP contribution in [0.4, 0.5) is 11.5 Å². The van der Waals surface area contributed by atoms with E-state index in [2.05, 4.69) is 20.6 Å². The standard InChI is InChI=1S/C12H14N6/c13-9-10(14)17-12-8(16-9)6-15-11(18-12)7-4-2-1-3-5-7/h1-6,9-10,16H,13-14H2,(H,15,17,18).